The molecule has 0 spiro atoms. The summed E-state index contributed by atoms with van der Waals surface area (Å²) in [6.07, 6.45) is 0. The second-order valence-electron chi connectivity index (χ2n) is 2.26. The van der Waals surface area contributed by atoms with Gasteiger partial charge in [-0.1, -0.05) is 46.4 Å². The summed E-state index contributed by atoms with van der Waals surface area (Å²) in [4.78, 5) is 0. The lowest BCUT2D eigenvalue weighted by atomic mass is 9.80. The molecule has 0 bridgehead atoms. The molecule has 0 amide bonds. The first-order valence-corrected chi connectivity index (χ1v) is 4.65. The Morgan fingerprint density at radius 2 is 1.46 bits per heavy atom. The van der Waals surface area contributed by atoms with Gasteiger partial charge in [-0.05, 0) is 6.07 Å². The molecule has 0 aliphatic heterocycles. The van der Waals surface area contributed by atoms with E-state index < -0.39 is 7.12 Å². The van der Waals surface area contributed by atoms with Gasteiger partial charge in [0.2, 0.25) is 0 Å². The Morgan fingerprint density at radius 1 is 0.923 bits per heavy atom. The van der Waals surface area contributed by atoms with Gasteiger partial charge in [0.05, 0.1) is 15.1 Å². The molecule has 0 atom stereocenters. The van der Waals surface area contributed by atoms with Crippen molar-refractivity contribution in [3.8, 4) is 0 Å². The van der Waals surface area contributed by atoms with E-state index in [-0.39, 0.29) is 25.6 Å². The lowest BCUT2D eigenvalue weighted by Crippen LogP contribution is -2.32. The van der Waals surface area contributed by atoms with Crippen LogP contribution in [0.4, 0.5) is 0 Å². The van der Waals surface area contributed by atoms with Crippen LogP contribution in [0.25, 0.3) is 0 Å². The third-order valence-corrected chi connectivity index (χ3v) is 3.00. The van der Waals surface area contributed by atoms with Crippen LogP contribution in [-0.4, -0.2) is 17.2 Å². The fraction of sp³-hybridized carbons (Fsp3) is 0. The highest BCUT2D eigenvalue weighted by atomic mass is 35.5. The van der Waals surface area contributed by atoms with Crippen molar-refractivity contribution >= 4 is 59.0 Å². The molecule has 7 heteroatoms. The molecule has 2 N–H and O–H groups in total. The second kappa shape index (κ2) is 4.26. The predicted molar refractivity (Wildman–Crippen MR) is 56.3 cm³/mol. The van der Waals surface area contributed by atoms with E-state index in [1.54, 1.807) is 0 Å². The Hall–Kier alpha value is 0.365. The maximum Gasteiger partial charge on any atom is 0.491 e. The molecular formula is C6H3BCl4O2. The van der Waals surface area contributed by atoms with Crippen molar-refractivity contribution in [2.75, 3.05) is 0 Å². The summed E-state index contributed by atoms with van der Waals surface area (Å²) in [7, 11) is -1.77. The van der Waals surface area contributed by atoms with Crippen LogP contribution in [0.5, 0.6) is 0 Å². The topological polar surface area (TPSA) is 40.5 Å². The van der Waals surface area contributed by atoms with Gasteiger partial charge < -0.3 is 10.0 Å². The van der Waals surface area contributed by atoms with E-state index in [0.717, 1.165) is 0 Å². The molecule has 0 fully saturated rings. The summed E-state index contributed by atoms with van der Waals surface area (Å²) in [5, 5.41) is 18.0. The Labute approximate surface area is 95.1 Å². The molecule has 0 heterocycles. The second-order valence-corrected chi connectivity index (χ2v) is 3.83. The Kier molecular flexibility index (Phi) is 3.75. The fourth-order valence-corrected chi connectivity index (χ4v) is 1.93. The van der Waals surface area contributed by atoms with Gasteiger partial charge in [0, 0.05) is 10.5 Å². The van der Waals surface area contributed by atoms with Crippen LogP contribution >= 0.6 is 46.4 Å². The van der Waals surface area contributed by atoms with Gasteiger partial charge in [-0.2, -0.15) is 0 Å². The van der Waals surface area contributed by atoms with Crippen LogP contribution in [0.15, 0.2) is 6.07 Å². The summed E-state index contributed by atoms with van der Waals surface area (Å²) < 4.78 is 0. The maximum absolute atomic E-state index is 8.89. The molecule has 1 rings (SSSR count). The zero-order valence-corrected chi connectivity index (χ0v) is 9.08. The van der Waals surface area contributed by atoms with Crippen LogP contribution in [0.3, 0.4) is 0 Å². The SMILES string of the molecule is OB(O)c1c(Cl)cc(Cl)c(Cl)c1Cl. The molecule has 0 aliphatic rings. The zero-order valence-electron chi connectivity index (χ0n) is 6.06. The third kappa shape index (κ3) is 2.24. The largest absolute Gasteiger partial charge is 0.491 e. The molecule has 0 aliphatic carbocycles. The summed E-state index contributed by atoms with van der Waals surface area (Å²) in [5.41, 5.74) is -0.0438. The van der Waals surface area contributed by atoms with E-state index in [9.17, 15) is 0 Å². The van der Waals surface area contributed by atoms with Crippen molar-refractivity contribution in [1.29, 1.82) is 0 Å². The quantitative estimate of drug-likeness (QED) is 0.460. The molecule has 70 valence electrons. The van der Waals surface area contributed by atoms with Crippen molar-refractivity contribution in [3.63, 3.8) is 0 Å². The average Bonchev–Trinajstić information content (AvgIpc) is 1.99. The number of halogens is 4. The van der Waals surface area contributed by atoms with Crippen LogP contribution in [-0.2, 0) is 0 Å². The molecule has 0 radical (unpaired) electrons. The number of hydrogen-bond donors (Lipinski definition) is 2. The fourth-order valence-electron chi connectivity index (χ4n) is 0.817. The minimum absolute atomic E-state index is 0.0438. The van der Waals surface area contributed by atoms with E-state index in [4.69, 9.17) is 56.5 Å². The van der Waals surface area contributed by atoms with E-state index >= 15 is 0 Å². The summed E-state index contributed by atoms with van der Waals surface area (Å²) in [5.74, 6) is 0. The highest BCUT2D eigenvalue weighted by Crippen LogP contribution is 2.31. The van der Waals surface area contributed by atoms with Crippen LogP contribution in [0.1, 0.15) is 0 Å². The molecule has 13 heavy (non-hydrogen) atoms. The van der Waals surface area contributed by atoms with Crippen molar-refractivity contribution < 1.29 is 10.0 Å². The molecule has 0 aromatic heterocycles. The van der Waals surface area contributed by atoms with E-state index in [0.29, 0.717) is 0 Å². The van der Waals surface area contributed by atoms with Gasteiger partial charge in [0.1, 0.15) is 0 Å². The normalized spacial score (nSPS) is 10.3. The van der Waals surface area contributed by atoms with Gasteiger partial charge in [0.15, 0.2) is 0 Å². The van der Waals surface area contributed by atoms with E-state index in [1.165, 1.54) is 6.07 Å². The van der Waals surface area contributed by atoms with Crippen molar-refractivity contribution in [1.82, 2.24) is 0 Å². The van der Waals surface area contributed by atoms with Gasteiger partial charge in [-0.3, -0.25) is 0 Å². The lowest BCUT2D eigenvalue weighted by Gasteiger charge is -2.08. The van der Waals surface area contributed by atoms with Crippen LogP contribution < -0.4 is 5.46 Å². The number of hydrogen-bond acceptors (Lipinski definition) is 2. The molecule has 1 aromatic rings. The van der Waals surface area contributed by atoms with Crippen molar-refractivity contribution in [2.45, 2.75) is 0 Å². The first-order chi connectivity index (χ1) is 5.95. The highest BCUT2D eigenvalue weighted by Gasteiger charge is 2.22. The van der Waals surface area contributed by atoms with E-state index in [2.05, 4.69) is 0 Å². The molecule has 0 saturated heterocycles. The lowest BCUT2D eigenvalue weighted by molar-refractivity contribution is 0.426. The summed E-state index contributed by atoms with van der Waals surface area (Å²) >= 11 is 22.6. The minimum Gasteiger partial charge on any atom is -0.423 e. The molecule has 1 aromatic carbocycles. The van der Waals surface area contributed by atoms with Gasteiger partial charge in [-0.15, -0.1) is 0 Å². The first-order valence-electron chi connectivity index (χ1n) is 3.14. The Morgan fingerprint density at radius 3 is 1.92 bits per heavy atom. The summed E-state index contributed by atoms with van der Waals surface area (Å²) in [6, 6.07) is 1.30. The first kappa shape index (κ1) is 11.4. The smallest absolute Gasteiger partial charge is 0.423 e. The van der Waals surface area contributed by atoms with Gasteiger partial charge >= 0.3 is 7.12 Å². The van der Waals surface area contributed by atoms with Crippen LogP contribution in [0, 0.1) is 0 Å². The monoisotopic (exact) mass is 258 g/mol. The van der Waals surface area contributed by atoms with Gasteiger partial charge in [-0.25, -0.2) is 0 Å². The summed E-state index contributed by atoms with van der Waals surface area (Å²) in [6.45, 7) is 0. The molecular weight excluding hydrogens is 257 g/mol. The Bertz CT molecular complexity index is 342. The standard InChI is InChI=1S/C6H3BCl4O2/c8-2-1-3(9)5(10)6(11)4(2)7(12)13/h1,12-13H. The zero-order chi connectivity index (χ0) is 10.2. The molecule has 0 unspecified atom stereocenters. The maximum atomic E-state index is 8.89. The number of rotatable bonds is 1. The van der Waals surface area contributed by atoms with Crippen molar-refractivity contribution in [2.24, 2.45) is 0 Å². The minimum atomic E-state index is -1.77. The Balaban J connectivity index is 3.44. The van der Waals surface area contributed by atoms with Crippen LogP contribution in [0.2, 0.25) is 20.1 Å². The molecule has 0 saturated carbocycles. The molecule has 2 nitrogen and oxygen atoms in total. The van der Waals surface area contributed by atoms with E-state index in [1.807, 2.05) is 0 Å². The predicted octanol–water partition coefficient (Wildman–Crippen LogP) is 1.98. The van der Waals surface area contributed by atoms with Gasteiger partial charge in [0.25, 0.3) is 0 Å². The highest BCUT2D eigenvalue weighted by molar-refractivity contribution is 6.68. The van der Waals surface area contributed by atoms with Crippen molar-refractivity contribution in [3.05, 3.63) is 26.2 Å². The number of benzene rings is 1. The average molecular weight is 260 g/mol. The third-order valence-electron chi connectivity index (χ3n) is 1.41.